The van der Waals surface area contributed by atoms with Crippen LogP contribution in [0.25, 0.3) is 0 Å². The fraction of sp³-hybridized carbons (Fsp3) is 0.857. The Morgan fingerprint density at radius 2 is 2.26 bits per heavy atom. The van der Waals surface area contributed by atoms with Crippen LogP contribution in [-0.4, -0.2) is 45.6 Å². The average Bonchev–Trinajstić information content (AvgIpc) is 2.83. The highest BCUT2D eigenvalue weighted by Crippen LogP contribution is 2.18. The fourth-order valence-electron chi connectivity index (χ4n) is 2.63. The Balaban J connectivity index is 1.76. The zero-order valence-electron chi connectivity index (χ0n) is 12.5. The summed E-state index contributed by atoms with van der Waals surface area (Å²) < 4.78 is 1.99. The molecule has 2 heterocycles. The molecule has 1 aliphatic rings. The van der Waals surface area contributed by atoms with Crippen LogP contribution in [0.1, 0.15) is 45.2 Å². The van der Waals surface area contributed by atoms with Gasteiger partial charge in [0.25, 0.3) is 0 Å². The van der Waals surface area contributed by atoms with Gasteiger partial charge in [-0.15, -0.1) is 5.10 Å². The first-order valence-corrected chi connectivity index (χ1v) is 7.48. The van der Waals surface area contributed by atoms with Gasteiger partial charge in [0.15, 0.2) is 0 Å². The molecule has 108 valence electrons. The monoisotopic (exact) mass is 265 g/mol. The molecule has 0 aliphatic carbocycles. The molecular weight excluding hydrogens is 238 g/mol. The van der Waals surface area contributed by atoms with Crippen molar-refractivity contribution in [2.24, 2.45) is 0 Å². The van der Waals surface area contributed by atoms with Gasteiger partial charge >= 0.3 is 0 Å². The second kappa shape index (κ2) is 7.01. The quantitative estimate of drug-likeness (QED) is 0.849. The summed E-state index contributed by atoms with van der Waals surface area (Å²) in [5.41, 5.74) is 1.03. The summed E-state index contributed by atoms with van der Waals surface area (Å²) in [5, 5.41) is 11.8. The lowest BCUT2D eigenvalue weighted by Crippen LogP contribution is -2.36. The Morgan fingerprint density at radius 3 is 3.00 bits per heavy atom. The van der Waals surface area contributed by atoms with Crippen LogP contribution in [-0.2, 0) is 13.1 Å². The van der Waals surface area contributed by atoms with Crippen molar-refractivity contribution >= 4 is 0 Å². The second-order valence-corrected chi connectivity index (χ2v) is 5.93. The molecule has 1 aliphatic heterocycles. The summed E-state index contributed by atoms with van der Waals surface area (Å²) in [4.78, 5) is 2.49. The Hall–Kier alpha value is -0.940. The first-order valence-electron chi connectivity index (χ1n) is 7.48. The lowest BCUT2D eigenvalue weighted by atomic mass is 10.0. The summed E-state index contributed by atoms with van der Waals surface area (Å²) in [5.74, 6) is 0. The minimum absolute atomic E-state index is 0.487. The van der Waals surface area contributed by atoms with Crippen LogP contribution in [0.5, 0.6) is 0 Å². The Bertz CT molecular complexity index is 374. The van der Waals surface area contributed by atoms with Crippen molar-refractivity contribution in [3.05, 3.63) is 11.9 Å². The molecule has 0 spiro atoms. The molecule has 1 atom stereocenters. The highest BCUT2D eigenvalue weighted by Gasteiger charge is 2.18. The number of piperidine rings is 1. The molecule has 19 heavy (non-hydrogen) atoms. The number of rotatable bonds is 6. The number of aromatic nitrogens is 3. The first kappa shape index (κ1) is 14.5. The van der Waals surface area contributed by atoms with E-state index in [4.69, 9.17) is 0 Å². The van der Waals surface area contributed by atoms with Crippen LogP contribution in [0.2, 0.25) is 0 Å². The Kier molecular flexibility index (Phi) is 5.34. The van der Waals surface area contributed by atoms with Crippen molar-refractivity contribution in [3.8, 4) is 0 Å². The van der Waals surface area contributed by atoms with E-state index in [2.05, 4.69) is 47.6 Å². The minimum Gasteiger partial charge on any atom is -0.309 e. The van der Waals surface area contributed by atoms with Gasteiger partial charge < -0.3 is 10.2 Å². The molecular formula is C14H27N5. The summed E-state index contributed by atoms with van der Waals surface area (Å²) in [6, 6.07) is 1.20. The Morgan fingerprint density at radius 1 is 1.42 bits per heavy atom. The Labute approximate surface area is 116 Å². The van der Waals surface area contributed by atoms with Gasteiger partial charge in [-0.05, 0) is 32.9 Å². The van der Waals surface area contributed by atoms with E-state index < -0.39 is 0 Å². The normalized spacial score (nSPS) is 21.2. The molecule has 2 rings (SSSR count). The van der Waals surface area contributed by atoms with Gasteiger partial charge in [0.05, 0.1) is 5.69 Å². The number of nitrogens with one attached hydrogen (secondary N) is 1. The second-order valence-electron chi connectivity index (χ2n) is 5.93. The molecule has 1 unspecified atom stereocenters. The van der Waals surface area contributed by atoms with E-state index in [-0.39, 0.29) is 0 Å². The molecule has 0 amide bonds. The third-order valence-electron chi connectivity index (χ3n) is 3.89. The van der Waals surface area contributed by atoms with E-state index in [1.54, 1.807) is 0 Å². The van der Waals surface area contributed by atoms with E-state index in [0.717, 1.165) is 24.8 Å². The summed E-state index contributed by atoms with van der Waals surface area (Å²) >= 11 is 0. The van der Waals surface area contributed by atoms with Crippen molar-refractivity contribution < 1.29 is 0 Å². The minimum atomic E-state index is 0.487. The molecule has 0 aromatic carbocycles. The topological polar surface area (TPSA) is 46.0 Å². The van der Waals surface area contributed by atoms with Crippen LogP contribution in [0, 0.1) is 0 Å². The molecule has 0 bridgehead atoms. The summed E-state index contributed by atoms with van der Waals surface area (Å²) in [6.07, 6.45) is 7.29. The molecule has 1 aromatic heterocycles. The van der Waals surface area contributed by atoms with Gasteiger partial charge in [-0.2, -0.15) is 0 Å². The van der Waals surface area contributed by atoms with Crippen molar-refractivity contribution in [1.29, 1.82) is 0 Å². The van der Waals surface area contributed by atoms with Crippen molar-refractivity contribution in [2.75, 3.05) is 13.6 Å². The van der Waals surface area contributed by atoms with E-state index >= 15 is 0 Å². The maximum absolute atomic E-state index is 4.21. The van der Waals surface area contributed by atoms with Gasteiger partial charge in [-0.1, -0.05) is 25.5 Å². The highest BCUT2D eigenvalue weighted by atomic mass is 15.4. The summed E-state index contributed by atoms with van der Waals surface area (Å²) in [7, 11) is 2.24. The van der Waals surface area contributed by atoms with Crippen LogP contribution in [0.15, 0.2) is 6.20 Å². The zero-order chi connectivity index (χ0) is 13.7. The standard InChI is InChI=1S/C14H27N5/c1-12(2)15-10-13-11-19(17-16-13)9-7-14-6-4-5-8-18(14)3/h11-12,14-15H,4-10H2,1-3H3. The largest absolute Gasteiger partial charge is 0.309 e. The molecule has 5 heteroatoms. The van der Waals surface area contributed by atoms with Gasteiger partial charge in [0.1, 0.15) is 0 Å². The number of aryl methyl sites for hydroxylation is 1. The van der Waals surface area contributed by atoms with E-state index in [1.807, 2.05) is 4.68 Å². The first-order chi connectivity index (χ1) is 9.15. The van der Waals surface area contributed by atoms with Crippen molar-refractivity contribution in [3.63, 3.8) is 0 Å². The zero-order valence-corrected chi connectivity index (χ0v) is 12.5. The number of nitrogens with zero attached hydrogens (tertiary/aromatic N) is 4. The van der Waals surface area contributed by atoms with E-state index in [1.165, 1.54) is 32.2 Å². The predicted octanol–water partition coefficient (Wildman–Crippen LogP) is 1.65. The third kappa shape index (κ3) is 4.58. The fourth-order valence-corrected chi connectivity index (χ4v) is 2.63. The molecule has 0 saturated carbocycles. The van der Waals surface area contributed by atoms with Crippen LogP contribution in [0.3, 0.4) is 0 Å². The average molecular weight is 265 g/mol. The third-order valence-corrected chi connectivity index (χ3v) is 3.89. The van der Waals surface area contributed by atoms with Crippen molar-refractivity contribution in [1.82, 2.24) is 25.2 Å². The van der Waals surface area contributed by atoms with Crippen LogP contribution >= 0.6 is 0 Å². The van der Waals surface area contributed by atoms with E-state index in [9.17, 15) is 0 Å². The lowest BCUT2D eigenvalue weighted by Gasteiger charge is -2.32. The predicted molar refractivity (Wildman–Crippen MR) is 76.9 cm³/mol. The molecule has 1 saturated heterocycles. The number of hydrogen-bond acceptors (Lipinski definition) is 4. The number of hydrogen-bond donors (Lipinski definition) is 1. The number of likely N-dealkylation sites (tertiary alicyclic amines) is 1. The molecule has 1 fully saturated rings. The maximum atomic E-state index is 4.21. The summed E-state index contributed by atoms with van der Waals surface area (Å²) in [6.45, 7) is 7.31. The lowest BCUT2D eigenvalue weighted by molar-refractivity contribution is 0.169. The van der Waals surface area contributed by atoms with Crippen LogP contribution < -0.4 is 5.32 Å². The van der Waals surface area contributed by atoms with Gasteiger partial charge in [-0.3, -0.25) is 4.68 Å². The molecule has 1 N–H and O–H groups in total. The van der Waals surface area contributed by atoms with Crippen molar-refractivity contribution in [2.45, 2.75) is 64.7 Å². The molecule has 1 aromatic rings. The van der Waals surface area contributed by atoms with Gasteiger partial charge in [0.2, 0.25) is 0 Å². The SMILES string of the molecule is CC(C)NCc1cn(CCC2CCCCN2C)nn1. The van der Waals surface area contributed by atoms with Crippen LogP contribution in [0.4, 0.5) is 0 Å². The highest BCUT2D eigenvalue weighted by molar-refractivity contribution is 4.92. The van der Waals surface area contributed by atoms with Gasteiger partial charge in [-0.25, -0.2) is 0 Å². The van der Waals surface area contributed by atoms with E-state index in [0.29, 0.717) is 6.04 Å². The molecule has 5 nitrogen and oxygen atoms in total. The maximum Gasteiger partial charge on any atom is 0.0964 e. The smallest absolute Gasteiger partial charge is 0.0964 e. The van der Waals surface area contributed by atoms with Gasteiger partial charge in [0, 0.05) is 31.4 Å². The molecule has 0 radical (unpaired) electrons.